The van der Waals surface area contributed by atoms with Crippen LogP contribution in [0, 0.1) is 0 Å². The Bertz CT molecular complexity index is 103. The first-order chi connectivity index (χ1) is 4.14. The predicted octanol–water partition coefficient (Wildman–Crippen LogP) is 1.39. The van der Waals surface area contributed by atoms with Gasteiger partial charge in [-0.2, -0.15) is 0 Å². The molecule has 0 spiro atoms. The highest BCUT2D eigenvalue weighted by Crippen LogP contribution is 2.25. The Morgan fingerprint density at radius 3 is 2.56 bits per heavy atom. The van der Waals surface area contributed by atoms with Crippen molar-refractivity contribution >= 4 is 0 Å². The van der Waals surface area contributed by atoms with E-state index in [-0.39, 0.29) is 19.0 Å². The van der Waals surface area contributed by atoms with Gasteiger partial charge in [-0.25, -0.2) is 8.78 Å². The lowest BCUT2D eigenvalue weighted by Gasteiger charge is -2.05. The highest BCUT2D eigenvalue weighted by molar-refractivity contribution is 4.85. The van der Waals surface area contributed by atoms with Gasteiger partial charge in [-0.1, -0.05) is 6.92 Å². The summed E-state index contributed by atoms with van der Waals surface area (Å²) in [7, 11) is 0. The lowest BCUT2D eigenvalue weighted by Crippen LogP contribution is -2.21. The van der Waals surface area contributed by atoms with E-state index in [1.165, 1.54) is 0 Å². The van der Waals surface area contributed by atoms with Gasteiger partial charge in [0.05, 0.1) is 6.54 Å². The summed E-state index contributed by atoms with van der Waals surface area (Å²) in [4.78, 5) is 0. The van der Waals surface area contributed by atoms with Gasteiger partial charge in [0.1, 0.15) is 0 Å². The number of halogens is 2. The van der Waals surface area contributed by atoms with Crippen molar-refractivity contribution in [2.75, 3.05) is 6.54 Å². The molecule has 1 atom stereocenters. The first kappa shape index (κ1) is 6.93. The SMILES string of the molecule is CC[C@H]1CC(F)(F)CN1. The molecule has 0 saturated carbocycles. The third-order valence-electron chi connectivity index (χ3n) is 1.69. The minimum absolute atomic E-state index is 0.0174. The first-order valence-electron chi connectivity index (χ1n) is 3.25. The second kappa shape index (κ2) is 2.21. The standard InChI is InChI=1S/C6H11F2N/c1-2-5-3-6(7,8)4-9-5/h5,9H,2-4H2,1H3/t5-/m0/s1. The maximum Gasteiger partial charge on any atom is 0.261 e. The number of hydrogen-bond acceptors (Lipinski definition) is 1. The van der Waals surface area contributed by atoms with E-state index in [4.69, 9.17) is 0 Å². The molecule has 0 amide bonds. The average molecular weight is 135 g/mol. The summed E-state index contributed by atoms with van der Waals surface area (Å²) < 4.78 is 24.6. The lowest BCUT2D eigenvalue weighted by molar-refractivity contribution is 0.0210. The maximum atomic E-state index is 12.3. The summed E-state index contributed by atoms with van der Waals surface area (Å²) in [6, 6.07) is 0.0417. The van der Waals surface area contributed by atoms with Crippen molar-refractivity contribution in [3.05, 3.63) is 0 Å². The third-order valence-corrected chi connectivity index (χ3v) is 1.69. The van der Waals surface area contributed by atoms with Crippen LogP contribution in [0.4, 0.5) is 8.78 Å². The zero-order chi connectivity index (χ0) is 6.91. The maximum absolute atomic E-state index is 12.3. The number of alkyl halides is 2. The van der Waals surface area contributed by atoms with Crippen LogP contribution in [0.5, 0.6) is 0 Å². The molecule has 1 aliphatic rings. The van der Waals surface area contributed by atoms with Crippen LogP contribution in [0.1, 0.15) is 19.8 Å². The Morgan fingerprint density at radius 1 is 1.67 bits per heavy atom. The first-order valence-corrected chi connectivity index (χ1v) is 3.25. The van der Waals surface area contributed by atoms with Gasteiger partial charge in [-0.15, -0.1) is 0 Å². The van der Waals surface area contributed by atoms with Gasteiger partial charge in [-0.05, 0) is 6.42 Å². The second-order valence-corrected chi connectivity index (χ2v) is 2.55. The minimum atomic E-state index is -2.44. The van der Waals surface area contributed by atoms with E-state index in [0.29, 0.717) is 0 Å². The molecular formula is C6H11F2N. The quantitative estimate of drug-likeness (QED) is 0.573. The highest BCUT2D eigenvalue weighted by Gasteiger charge is 2.37. The van der Waals surface area contributed by atoms with Crippen molar-refractivity contribution in [1.82, 2.24) is 5.32 Å². The van der Waals surface area contributed by atoms with Crippen LogP contribution in [-0.2, 0) is 0 Å². The Labute approximate surface area is 53.4 Å². The van der Waals surface area contributed by atoms with Gasteiger partial charge in [0, 0.05) is 12.5 Å². The van der Waals surface area contributed by atoms with Crippen molar-refractivity contribution in [1.29, 1.82) is 0 Å². The van der Waals surface area contributed by atoms with E-state index in [0.717, 1.165) is 6.42 Å². The molecule has 1 rings (SSSR count). The van der Waals surface area contributed by atoms with Gasteiger partial charge in [0.25, 0.3) is 5.92 Å². The Kier molecular flexibility index (Phi) is 1.70. The zero-order valence-corrected chi connectivity index (χ0v) is 5.45. The third kappa shape index (κ3) is 1.61. The van der Waals surface area contributed by atoms with Gasteiger partial charge in [0.2, 0.25) is 0 Å². The molecule has 0 aromatic rings. The molecule has 0 unspecified atom stereocenters. The van der Waals surface area contributed by atoms with Crippen molar-refractivity contribution in [2.24, 2.45) is 0 Å². The van der Waals surface area contributed by atoms with Crippen molar-refractivity contribution in [2.45, 2.75) is 31.7 Å². The van der Waals surface area contributed by atoms with E-state index in [2.05, 4.69) is 5.32 Å². The molecular weight excluding hydrogens is 124 g/mol. The molecule has 9 heavy (non-hydrogen) atoms. The fourth-order valence-electron chi connectivity index (χ4n) is 1.09. The molecule has 1 N–H and O–H groups in total. The van der Waals surface area contributed by atoms with Crippen LogP contribution in [0.2, 0.25) is 0 Å². The smallest absolute Gasteiger partial charge is 0.261 e. The van der Waals surface area contributed by atoms with Crippen molar-refractivity contribution in [3.63, 3.8) is 0 Å². The molecule has 0 radical (unpaired) electrons. The molecule has 0 aliphatic carbocycles. The molecule has 54 valence electrons. The molecule has 0 bridgehead atoms. The normalized spacial score (nSPS) is 33.0. The zero-order valence-electron chi connectivity index (χ0n) is 5.45. The van der Waals surface area contributed by atoms with Crippen LogP contribution in [-0.4, -0.2) is 18.5 Å². The molecule has 1 aliphatic heterocycles. The highest BCUT2D eigenvalue weighted by atomic mass is 19.3. The largest absolute Gasteiger partial charge is 0.308 e. The fourth-order valence-corrected chi connectivity index (χ4v) is 1.09. The predicted molar refractivity (Wildman–Crippen MR) is 31.6 cm³/mol. The van der Waals surface area contributed by atoms with E-state index >= 15 is 0 Å². The fraction of sp³-hybridized carbons (Fsp3) is 1.00. The van der Waals surface area contributed by atoms with E-state index in [1.54, 1.807) is 0 Å². The van der Waals surface area contributed by atoms with Crippen molar-refractivity contribution < 1.29 is 8.78 Å². The summed E-state index contributed by atoms with van der Waals surface area (Å²) in [5.74, 6) is -2.44. The lowest BCUT2D eigenvalue weighted by atomic mass is 10.1. The molecule has 0 aromatic heterocycles. The van der Waals surface area contributed by atoms with Crippen LogP contribution in [0.15, 0.2) is 0 Å². The molecule has 1 heterocycles. The molecule has 0 aromatic carbocycles. The average Bonchev–Trinajstić information content (AvgIpc) is 2.10. The summed E-state index contributed by atoms with van der Waals surface area (Å²) in [5.41, 5.74) is 0. The summed E-state index contributed by atoms with van der Waals surface area (Å²) in [6.07, 6.45) is 0.819. The number of nitrogens with one attached hydrogen (secondary N) is 1. The number of hydrogen-bond donors (Lipinski definition) is 1. The van der Waals surface area contributed by atoms with Crippen LogP contribution >= 0.6 is 0 Å². The second-order valence-electron chi connectivity index (χ2n) is 2.55. The minimum Gasteiger partial charge on any atom is -0.308 e. The molecule has 3 heteroatoms. The Hall–Kier alpha value is -0.180. The van der Waals surface area contributed by atoms with Crippen LogP contribution < -0.4 is 5.32 Å². The van der Waals surface area contributed by atoms with Crippen LogP contribution in [0.25, 0.3) is 0 Å². The van der Waals surface area contributed by atoms with Gasteiger partial charge in [0.15, 0.2) is 0 Å². The molecule has 1 fully saturated rings. The molecule has 1 saturated heterocycles. The van der Waals surface area contributed by atoms with E-state index in [1.807, 2.05) is 6.92 Å². The van der Waals surface area contributed by atoms with E-state index < -0.39 is 5.92 Å². The topological polar surface area (TPSA) is 12.0 Å². The van der Waals surface area contributed by atoms with Gasteiger partial charge in [-0.3, -0.25) is 0 Å². The van der Waals surface area contributed by atoms with E-state index in [9.17, 15) is 8.78 Å². The van der Waals surface area contributed by atoms with Crippen molar-refractivity contribution in [3.8, 4) is 0 Å². The summed E-state index contributed by atoms with van der Waals surface area (Å²) >= 11 is 0. The Balaban J connectivity index is 2.38. The van der Waals surface area contributed by atoms with Gasteiger partial charge >= 0.3 is 0 Å². The Morgan fingerprint density at radius 2 is 2.33 bits per heavy atom. The summed E-state index contributed by atoms with van der Waals surface area (Å²) in [6.45, 7) is 1.78. The summed E-state index contributed by atoms with van der Waals surface area (Å²) in [5, 5.41) is 2.75. The van der Waals surface area contributed by atoms with Crippen LogP contribution in [0.3, 0.4) is 0 Å². The molecule has 1 nitrogen and oxygen atoms in total. The van der Waals surface area contributed by atoms with Gasteiger partial charge < -0.3 is 5.32 Å². The number of rotatable bonds is 1. The monoisotopic (exact) mass is 135 g/mol.